The summed E-state index contributed by atoms with van der Waals surface area (Å²) in [5.74, 6) is 1.44. The van der Waals surface area contributed by atoms with Crippen LogP contribution in [0.4, 0.5) is 0 Å². The van der Waals surface area contributed by atoms with Gasteiger partial charge in [0.2, 0.25) is 0 Å². The molecule has 0 aromatic carbocycles. The van der Waals surface area contributed by atoms with E-state index in [9.17, 15) is 0 Å². The Kier molecular flexibility index (Phi) is 2.96. The number of rotatable bonds is 2. The highest BCUT2D eigenvalue weighted by Crippen LogP contribution is 2.37. The SMILES string of the molecule is Cc1nc(-n2cnc(C#N)n2)c2c(-c3cccs3)csc2n1. The van der Waals surface area contributed by atoms with Crippen molar-refractivity contribution in [1.82, 2.24) is 24.7 Å². The van der Waals surface area contributed by atoms with Crippen molar-refractivity contribution in [3.05, 3.63) is 40.9 Å². The predicted octanol–water partition coefficient (Wildman–Crippen LogP) is 3.18. The molecule has 0 aliphatic rings. The van der Waals surface area contributed by atoms with Crippen LogP contribution in [0.3, 0.4) is 0 Å². The van der Waals surface area contributed by atoms with Crippen LogP contribution in [0.15, 0.2) is 29.2 Å². The highest BCUT2D eigenvalue weighted by molar-refractivity contribution is 7.18. The van der Waals surface area contributed by atoms with Gasteiger partial charge in [0.25, 0.3) is 5.82 Å². The normalized spacial score (nSPS) is 10.9. The zero-order chi connectivity index (χ0) is 15.1. The molecule has 4 aromatic heterocycles. The maximum atomic E-state index is 8.91. The highest BCUT2D eigenvalue weighted by atomic mass is 32.1. The van der Waals surface area contributed by atoms with Crippen molar-refractivity contribution < 1.29 is 0 Å². The second-order valence-corrected chi connectivity index (χ2v) is 6.33. The van der Waals surface area contributed by atoms with Gasteiger partial charge in [-0.25, -0.2) is 19.6 Å². The molecule has 6 nitrogen and oxygen atoms in total. The number of aryl methyl sites for hydroxylation is 1. The van der Waals surface area contributed by atoms with Crippen LogP contribution in [0.2, 0.25) is 0 Å². The molecule has 8 heteroatoms. The summed E-state index contributed by atoms with van der Waals surface area (Å²) in [5, 5.41) is 18.1. The minimum absolute atomic E-state index is 0.123. The van der Waals surface area contributed by atoms with E-state index in [0.29, 0.717) is 11.6 Å². The zero-order valence-electron chi connectivity index (χ0n) is 11.4. The quantitative estimate of drug-likeness (QED) is 0.566. The monoisotopic (exact) mass is 324 g/mol. The lowest BCUT2D eigenvalue weighted by atomic mass is 10.2. The molecular weight excluding hydrogens is 316 g/mol. The van der Waals surface area contributed by atoms with Gasteiger partial charge in [-0.1, -0.05) is 6.07 Å². The lowest BCUT2D eigenvalue weighted by Gasteiger charge is -2.05. The van der Waals surface area contributed by atoms with E-state index in [4.69, 9.17) is 5.26 Å². The molecule has 106 valence electrons. The highest BCUT2D eigenvalue weighted by Gasteiger charge is 2.17. The minimum Gasteiger partial charge on any atom is -0.222 e. The van der Waals surface area contributed by atoms with E-state index in [2.05, 4.69) is 31.5 Å². The van der Waals surface area contributed by atoms with Crippen LogP contribution in [0.5, 0.6) is 0 Å². The second-order valence-electron chi connectivity index (χ2n) is 4.53. The fourth-order valence-corrected chi connectivity index (χ4v) is 4.02. The first kappa shape index (κ1) is 13.1. The summed E-state index contributed by atoms with van der Waals surface area (Å²) in [4.78, 5) is 15.0. The molecule has 4 heterocycles. The lowest BCUT2D eigenvalue weighted by Crippen LogP contribution is -2.02. The van der Waals surface area contributed by atoms with Gasteiger partial charge in [0.1, 0.15) is 23.1 Å². The molecule has 0 radical (unpaired) electrons. The molecule has 0 fully saturated rings. The maximum absolute atomic E-state index is 8.91. The third-order valence-electron chi connectivity index (χ3n) is 3.12. The van der Waals surface area contributed by atoms with E-state index >= 15 is 0 Å². The molecule has 0 amide bonds. The molecule has 0 aliphatic carbocycles. The number of nitrogens with zero attached hydrogens (tertiary/aromatic N) is 6. The third-order valence-corrected chi connectivity index (χ3v) is 4.90. The fourth-order valence-electron chi connectivity index (χ4n) is 2.22. The van der Waals surface area contributed by atoms with E-state index in [-0.39, 0.29) is 5.82 Å². The van der Waals surface area contributed by atoms with Crippen LogP contribution in [0.25, 0.3) is 26.5 Å². The van der Waals surface area contributed by atoms with Crippen LogP contribution in [0.1, 0.15) is 11.6 Å². The van der Waals surface area contributed by atoms with E-state index in [1.165, 1.54) is 6.33 Å². The van der Waals surface area contributed by atoms with E-state index in [1.807, 2.05) is 24.4 Å². The Morgan fingerprint density at radius 2 is 2.18 bits per heavy atom. The second kappa shape index (κ2) is 4.98. The Bertz CT molecular complexity index is 1010. The minimum atomic E-state index is 0.123. The van der Waals surface area contributed by atoms with Gasteiger partial charge in [-0.3, -0.25) is 0 Å². The topological polar surface area (TPSA) is 80.3 Å². The van der Waals surface area contributed by atoms with Crippen molar-refractivity contribution in [1.29, 1.82) is 5.26 Å². The van der Waals surface area contributed by atoms with Crippen molar-refractivity contribution in [2.45, 2.75) is 6.92 Å². The summed E-state index contributed by atoms with van der Waals surface area (Å²) in [6.45, 7) is 1.84. The largest absolute Gasteiger partial charge is 0.252 e. The number of aromatic nitrogens is 5. The average Bonchev–Trinajstić information content (AvgIpc) is 3.25. The van der Waals surface area contributed by atoms with Crippen LogP contribution in [-0.2, 0) is 0 Å². The molecule has 4 aromatic rings. The first-order valence-electron chi connectivity index (χ1n) is 6.38. The molecule has 0 saturated heterocycles. The fraction of sp³-hybridized carbons (Fsp3) is 0.0714. The lowest BCUT2D eigenvalue weighted by molar-refractivity contribution is 0.836. The van der Waals surface area contributed by atoms with Crippen molar-refractivity contribution >= 4 is 32.9 Å². The molecule has 22 heavy (non-hydrogen) atoms. The van der Waals surface area contributed by atoms with Crippen molar-refractivity contribution in [2.24, 2.45) is 0 Å². The summed E-state index contributed by atoms with van der Waals surface area (Å²) in [6, 6.07) is 6.02. The molecule has 0 unspecified atom stereocenters. The summed E-state index contributed by atoms with van der Waals surface area (Å²) < 4.78 is 1.54. The van der Waals surface area contributed by atoms with Crippen LogP contribution in [0, 0.1) is 18.3 Å². The molecule has 4 rings (SSSR count). The van der Waals surface area contributed by atoms with Crippen molar-refractivity contribution in [2.75, 3.05) is 0 Å². The molecule has 0 atom stereocenters. The van der Waals surface area contributed by atoms with E-state index in [0.717, 1.165) is 20.7 Å². The van der Waals surface area contributed by atoms with Crippen molar-refractivity contribution in [3.8, 4) is 22.3 Å². The Morgan fingerprint density at radius 1 is 1.27 bits per heavy atom. The van der Waals surface area contributed by atoms with Gasteiger partial charge >= 0.3 is 0 Å². The first-order valence-corrected chi connectivity index (χ1v) is 8.14. The summed E-state index contributed by atoms with van der Waals surface area (Å²) in [5.41, 5.74) is 1.08. The Labute approximate surface area is 133 Å². The molecule has 0 saturated carbocycles. The van der Waals surface area contributed by atoms with Gasteiger partial charge in [0.15, 0.2) is 5.82 Å². The van der Waals surface area contributed by atoms with Crippen LogP contribution < -0.4 is 0 Å². The number of thiophene rings is 2. The molecule has 0 bridgehead atoms. The number of fused-ring (bicyclic) bond motifs is 1. The molecule has 0 aliphatic heterocycles. The molecule has 0 N–H and O–H groups in total. The maximum Gasteiger partial charge on any atom is 0.252 e. The van der Waals surface area contributed by atoms with Gasteiger partial charge in [-0.05, 0) is 18.4 Å². The van der Waals surface area contributed by atoms with Gasteiger partial charge in [0, 0.05) is 15.8 Å². The van der Waals surface area contributed by atoms with Gasteiger partial charge in [-0.2, -0.15) is 5.26 Å². The summed E-state index contributed by atoms with van der Waals surface area (Å²) in [6.07, 6.45) is 1.51. The third kappa shape index (κ3) is 1.99. The Morgan fingerprint density at radius 3 is 2.91 bits per heavy atom. The molecule has 0 spiro atoms. The molecular formula is C14H8N6S2. The smallest absolute Gasteiger partial charge is 0.222 e. The van der Waals surface area contributed by atoms with E-state index < -0.39 is 0 Å². The summed E-state index contributed by atoms with van der Waals surface area (Å²) in [7, 11) is 0. The number of hydrogen-bond donors (Lipinski definition) is 0. The first-order chi connectivity index (χ1) is 10.8. The number of nitriles is 1. The van der Waals surface area contributed by atoms with Crippen molar-refractivity contribution in [3.63, 3.8) is 0 Å². The van der Waals surface area contributed by atoms with Crippen LogP contribution >= 0.6 is 22.7 Å². The van der Waals surface area contributed by atoms with Gasteiger partial charge in [0.05, 0.1) is 5.39 Å². The van der Waals surface area contributed by atoms with E-state index in [1.54, 1.807) is 27.4 Å². The standard InChI is InChI=1S/C14H8N6S2/c1-8-17-13(20-7-16-11(5-15)19-20)12-9(6-22-14(12)18-8)10-3-2-4-21-10/h2-4,6-7H,1H3. The Balaban J connectivity index is 2.04. The predicted molar refractivity (Wildman–Crippen MR) is 85.1 cm³/mol. The number of hydrogen-bond acceptors (Lipinski definition) is 7. The van der Waals surface area contributed by atoms with Gasteiger partial charge in [-0.15, -0.1) is 27.8 Å². The summed E-state index contributed by atoms with van der Waals surface area (Å²) >= 11 is 3.24. The van der Waals surface area contributed by atoms with Gasteiger partial charge < -0.3 is 0 Å². The van der Waals surface area contributed by atoms with Crippen LogP contribution in [-0.4, -0.2) is 24.7 Å². The Hall–Kier alpha value is -2.63. The zero-order valence-corrected chi connectivity index (χ0v) is 13.0. The average molecular weight is 324 g/mol.